The fraction of sp³-hybridized carbons (Fsp3) is 0.200. The van der Waals surface area contributed by atoms with Crippen molar-refractivity contribution in [3.63, 3.8) is 0 Å². The lowest BCUT2D eigenvalue weighted by Crippen LogP contribution is -2.12. The van der Waals surface area contributed by atoms with Crippen molar-refractivity contribution in [1.29, 1.82) is 0 Å². The highest BCUT2D eigenvalue weighted by atomic mass is 35.5. The lowest BCUT2D eigenvalue weighted by Gasteiger charge is -2.08. The summed E-state index contributed by atoms with van der Waals surface area (Å²) in [5.41, 5.74) is 2.12. The van der Waals surface area contributed by atoms with Crippen molar-refractivity contribution in [2.75, 3.05) is 0 Å². The van der Waals surface area contributed by atoms with E-state index in [0.717, 1.165) is 39.6 Å². The van der Waals surface area contributed by atoms with Crippen molar-refractivity contribution >= 4 is 33.8 Å². The maximum Gasteiger partial charge on any atom is 0.0897 e. The summed E-state index contributed by atoms with van der Waals surface area (Å²) in [6, 6.07) is 7.87. The third-order valence-electron chi connectivity index (χ3n) is 3.08. The van der Waals surface area contributed by atoms with Gasteiger partial charge in [0.2, 0.25) is 0 Å². The number of aryl methyl sites for hydroxylation is 1. The van der Waals surface area contributed by atoms with Crippen LogP contribution in [0, 0.1) is 6.92 Å². The van der Waals surface area contributed by atoms with Gasteiger partial charge < -0.3 is 5.32 Å². The molecule has 3 aromatic rings. The number of halogens is 1. The molecule has 0 radical (unpaired) electrons. The third kappa shape index (κ3) is 2.82. The summed E-state index contributed by atoms with van der Waals surface area (Å²) >= 11 is 7.91. The first kappa shape index (κ1) is 13.5. The van der Waals surface area contributed by atoms with Crippen LogP contribution in [0.5, 0.6) is 0 Å². The lowest BCUT2D eigenvalue weighted by molar-refractivity contribution is 0.702. The van der Waals surface area contributed by atoms with E-state index < -0.39 is 0 Å². The first-order chi connectivity index (χ1) is 9.74. The van der Waals surface area contributed by atoms with E-state index in [1.54, 1.807) is 17.5 Å². The summed E-state index contributed by atoms with van der Waals surface area (Å²) in [6.45, 7) is 3.61. The number of pyridine rings is 1. The Kier molecular flexibility index (Phi) is 3.96. The Morgan fingerprint density at radius 1 is 1.20 bits per heavy atom. The molecule has 5 heteroatoms. The first-order valence-corrected chi connectivity index (χ1v) is 7.57. The Morgan fingerprint density at radius 2 is 2.10 bits per heavy atom. The molecule has 0 saturated carbocycles. The minimum Gasteiger partial charge on any atom is -0.308 e. The number of fused-ring (bicyclic) bond motifs is 1. The quantitative estimate of drug-likeness (QED) is 0.793. The van der Waals surface area contributed by atoms with Crippen molar-refractivity contribution in [3.8, 4) is 0 Å². The molecule has 0 spiro atoms. The molecule has 0 bridgehead atoms. The molecule has 1 N–H and O–H groups in total. The summed E-state index contributed by atoms with van der Waals surface area (Å²) in [5.74, 6) is 0. The molecule has 1 aromatic carbocycles. The Labute approximate surface area is 126 Å². The van der Waals surface area contributed by atoms with Gasteiger partial charge in [-0.05, 0) is 30.7 Å². The minimum atomic E-state index is 0.745. The second-order valence-electron chi connectivity index (χ2n) is 4.56. The topological polar surface area (TPSA) is 37.8 Å². The molecule has 102 valence electrons. The molecular formula is C15H14ClN3S. The number of hydrogen-bond donors (Lipinski definition) is 1. The smallest absolute Gasteiger partial charge is 0.0897 e. The Morgan fingerprint density at radius 3 is 2.90 bits per heavy atom. The molecule has 0 aliphatic heterocycles. The van der Waals surface area contributed by atoms with Crippen LogP contribution in [0.1, 0.15) is 15.4 Å². The van der Waals surface area contributed by atoms with Crippen LogP contribution in [0.15, 0.2) is 36.7 Å². The van der Waals surface area contributed by atoms with Gasteiger partial charge in [-0.3, -0.25) is 4.98 Å². The maximum atomic E-state index is 6.19. The number of nitrogens with zero attached hydrogens (tertiary/aromatic N) is 2. The van der Waals surface area contributed by atoms with Crippen molar-refractivity contribution in [3.05, 3.63) is 57.1 Å². The molecule has 0 fully saturated rings. The zero-order valence-corrected chi connectivity index (χ0v) is 12.6. The summed E-state index contributed by atoms with van der Waals surface area (Å²) in [6.07, 6.45) is 3.72. The molecule has 0 saturated heterocycles. The average molecular weight is 304 g/mol. The van der Waals surface area contributed by atoms with Gasteiger partial charge in [-0.25, -0.2) is 4.98 Å². The van der Waals surface area contributed by atoms with Crippen LogP contribution in [0.2, 0.25) is 5.02 Å². The fourth-order valence-electron chi connectivity index (χ4n) is 2.15. The number of aromatic nitrogens is 2. The first-order valence-electron chi connectivity index (χ1n) is 6.38. The summed E-state index contributed by atoms with van der Waals surface area (Å²) in [7, 11) is 0. The van der Waals surface area contributed by atoms with E-state index in [-0.39, 0.29) is 0 Å². The molecule has 0 aliphatic carbocycles. The zero-order valence-electron chi connectivity index (χ0n) is 11.1. The number of rotatable bonds is 4. The molecule has 2 aromatic heterocycles. The van der Waals surface area contributed by atoms with Crippen LogP contribution in [-0.2, 0) is 13.1 Å². The van der Waals surface area contributed by atoms with Gasteiger partial charge in [0.05, 0.1) is 10.5 Å². The van der Waals surface area contributed by atoms with Crippen LogP contribution in [0.3, 0.4) is 0 Å². The summed E-state index contributed by atoms with van der Waals surface area (Å²) < 4.78 is 0. The van der Waals surface area contributed by atoms with Crippen LogP contribution >= 0.6 is 22.9 Å². The van der Waals surface area contributed by atoms with Gasteiger partial charge in [-0.15, -0.1) is 11.3 Å². The molecule has 0 amide bonds. The Bertz CT molecular complexity index is 739. The van der Waals surface area contributed by atoms with E-state index in [0.29, 0.717) is 0 Å². The number of benzene rings is 1. The van der Waals surface area contributed by atoms with Gasteiger partial charge in [0.15, 0.2) is 0 Å². The van der Waals surface area contributed by atoms with Gasteiger partial charge in [-0.2, -0.15) is 0 Å². The number of hydrogen-bond acceptors (Lipinski definition) is 4. The molecule has 0 unspecified atom stereocenters. The van der Waals surface area contributed by atoms with E-state index in [1.807, 2.05) is 37.4 Å². The zero-order chi connectivity index (χ0) is 13.9. The van der Waals surface area contributed by atoms with E-state index in [4.69, 9.17) is 11.6 Å². The molecule has 3 nitrogen and oxygen atoms in total. The maximum absolute atomic E-state index is 6.19. The van der Waals surface area contributed by atoms with E-state index in [9.17, 15) is 0 Å². The number of thiazole rings is 1. The van der Waals surface area contributed by atoms with Crippen LogP contribution in [0.25, 0.3) is 10.9 Å². The summed E-state index contributed by atoms with van der Waals surface area (Å²) in [4.78, 5) is 9.93. The number of nitrogens with one attached hydrogen (secondary N) is 1. The molecule has 0 aliphatic rings. The fourth-order valence-corrected chi connectivity index (χ4v) is 3.13. The SMILES string of the molecule is Cc1ncc(CNCc2ccc(Cl)c3cccnc23)s1. The summed E-state index contributed by atoms with van der Waals surface area (Å²) in [5, 5.41) is 6.28. The van der Waals surface area contributed by atoms with Gasteiger partial charge in [0.1, 0.15) is 0 Å². The van der Waals surface area contributed by atoms with Crippen molar-refractivity contribution in [2.45, 2.75) is 20.0 Å². The van der Waals surface area contributed by atoms with Crippen molar-refractivity contribution in [2.24, 2.45) is 0 Å². The Hall–Kier alpha value is -1.49. The van der Waals surface area contributed by atoms with E-state index >= 15 is 0 Å². The van der Waals surface area contributed by atoms with Crippen molar-refractivity contribution < 1.29 is 0 Å². The van der Waals surface area contributed by atoms with E-state index in [2.05, 4.69) is 15.3 Å². The van der Waals surface area contributed by atoms with Gasteiger partial charge in [0, 0.05) is 40.8 Å². The highest BCUT2D eigenvalue weighted by Crippen LogP contribution is 2.24. The van der Waals surface area contributed by atoms with Gasteiger partial charge >= 0.3 is 0 Å². The molecule has 20 heavy (non-hydrogen) atoms. The highest BCUT2D eigenvalue weighted by Gasteiger charge is 2.05. The predicted octanol–water partition coefficient (Wildman–Crippen LogP) is 3.94. The largest absolute Gasteiger partial charge is 0.308 e. The molecular weight excluding hydrogens is 290 g/mol. The van der Waals surface area contributed by atoms with Crippen LogP contribution < -0.4 is 5.32 Å². The van der Waals surface area contributed by atoms with Crippen LogP contribution in [-0.4, -0.2) is 9.97 Å². The van der Waals surface area contributed by atoms with Crippen molar-refractivity contribution in [1.82, 2.24) is 15.3 Å². The standard InChI is InChI=1S/C15H14ClN3S/c1-10-19-9-12(20-10)8-17-7-11-4-5-14(16)13-3-2-6-18-15(11)13/h2-6,9,17H,7-8H2,1H3. The second kappa shape index (κ2) is 5.87. The normalized spacial score (nSPS) is 11.1. The van der Waals surface area contributed by atoms with E-state index in [1.165, 1.54) is 4.88 Å². The molecule has 2 heterocycles. The van der Waals surface area contributed by atoms with Gasteiger partial charge in [-0.1, -0.05) is 17.7 Å². The minimum absolute atomic E-state index is 0.745. The molecule has 0 atom stereocenters. The second-order valence-corrected chi connectivity index (χ2v) is 6.28. The Balaban J connectivity index is 1.76. The third-order valence-corrected chi connectivity index (χ3v) is 4.33. The van der Waals surface area contributed by atoms with Crippen LogP contribution in [0.4, 0.5) is 0 Å². The van der Waals surface area contributed by atoms with Gasteiger partial charge in [0.25, 0.3) is 0 Å². The molecule has 3 rings (SSSR count). The highest BCUT2D eigenvalue weighted by molar-refractivity contribution is 7.11. The average Bonchev–Trinajstić information content (AvgIpc) is 2.87. The monoisotopic (exact) mass is 303 g/mol. The lowest BCUT2D eigenvalue weighted by atomic mass is 10.1. The predicted molar refractivity (Wildman–Crippen MR) is 84.1 cm³/mol.